The number of rotatable bonds is 8. The molecule has 0 bridgehead atoms. The van der Waals surface area contributed by atoms with Crippen LogP contribution in [0.15, 0.2) is 53.4 Å². The van der Waals surface area contributed by atoms with Crippen LogP contribution in [0.5, 0.6) is 0 Å². The standard InChI is InChI=1S/C18H21FN2O3S2/c1-25-17-6-3-5-15(13-17)20-18(22)7-4-12-21(26(2,23)24)16-10-8-14(19)9-11-16/h3,5-6,8-11,13H,4,7,12H2,1-2H3,(H,20,22). The van der Waals surface area contributed by atoms with Gasteiger partial charge in [0.1, 0.15) is 5.82 Å². The van der Waals surface area contributed by atoms with E-state index < -0.39 is 15.8 Å². The van der Waals surface area contributed by atoms with E-state index in [0.29, 0.717) is 17.8 Å². The Morgan fingerprint density at radius 1 is 1.19 bits per heavy atom. The number of halogens is 1. The highest BCUT2D eigenvalue weighted by molar-refractivity contribution is 7.98. The Hall–Kier alpha value is -2.06. The summed E-state index contributed by atoms with van der Waals surface area (Å²) < 4.78 is 38.2. The highest BCUT2D eigenvalue weighted by Crippen LogP contribution is 2.20. The zero-order valence-corrected chi connectivity index (χ0v) is 16.2. The molecule has 2 rings (SSSR count). The molecular formula is C18H21FN2O3S2. The monoisotopic (exact) mass is 396 g/mol. The fraction of sp³-hybridized carbons (Fsp3) is 0.278. The molecule has 26 heavy (non-hydrogen) atoms. The molecule has 0 saturated carbocycles. The van der Waals surface area contributed by atoms with E-state index in [1.807, 2.05) is 24.5 Å². The van der Waals surface area contributed by atoms with Gasteiger partial charge in [-0.3, -0.25) is 9.10 Å². The van der Waals surface area contributed by atoms with Gasteiger partial charge in [0.25, 0.3) is 0 Å². The first-order chi connectivity index (χ1) is 12.3. The maximum Gasteiger partial charge on any atom is 0.232 e. The van der Waals surface area contributed by atoms with Crippen molar-refractivity contribution in [2.45, 2.75) is 17.7 Å². The average Bonchev–Trinajstić information content (AvgIpc) is 2.59. The molecule has 1 N–H and O–H groups in total. The van der Waals surface area contributed by atoms with Crippen molar-refractivity contribution in [3.05, 3.63) is 54.3 Å². The number of amides is 1. The number of benzene rings is 2. The number of carbonyl (C=O) groups is 1. The Kier molecular flexibility index (Phi) is 7.05. The van der Waals surface area contributed by atoms with Crippen molar-refractivity contribution < 1.29 is 17.6 Å². The fourth-order valence-corrected chi connectivity index (χ4v) is 3.83. The molecule has 8 heteroatoms. The number of hydrogen-bond acceptors (Lipinski definition) is 4. The van der Waals surface area contributed by atoms with Crippen LogP contribution in [0, 0.1) is 5.82 Å². The highest BCUT2D eigenvalue weighted by atomic mass is 32.2. The van der Waals surface area contributed by atoms with E-state index in [1.54, 1.807) is 17.8 Å². The van der Waals surface area contributed by atoms with Crippen LogP contribution in [-0.2, 0) is 14.8 Å². The number of nitrogens with one attached hydrogen (secondary N) is 1. The van der Waals surface area contributed by atoms with Gasteiger partial charge >= 0.3 is 0 Å². The quantitative estimate of drug-likeness (QED) is 0.691. The summed E-state index contributed by atoms with van der Waals surface area (Å²) in [5.74, 6) is -0.620. The lowest BCUT2D eigenvalue weighted by Crippen LogP contribution is -2.31. The summed E-state index contributed by atoms with van der Waals surface area (Å²) in [6.07, 6.45) is 3.57. The van der Waals surface area contributed by atoms with E-state index >= 15 is 0 Å². The van der Waals surface area contributed by atoms with Crippen LogP contribution in [0.3, 0.4) is 0 Å². The summed E-state index contributed by atoms with van der Waals surface area (Å²) in [5.41, 5.74) is 1.09. The lowest BCUT2D eigenvalue weighted by atomic mass is 10.2. The van der Waals surface area contributed by atoms with Gasteiger partial charge in [0.15, 0.2) is 0 Å². The molecule has 0 aromatic heterocycles. The molecule has 5 nitrogen and oxygen atoms in total. The van der Waals surface area contributed by atoms with Gasteiger partial charge in [0.05, 0.1) is 11.9 Å². The topological polar surface area (TPSA) is 66.5 Å². The lowest BCUT2D eigenvalue weighted by molar-refractivity contribution is -0.116. The maximum atomic E-state index is 13.0. The molecule has 2 aromatic rings. The van der Waals surface area contributed by atoms with E-state index in [-0.39, 0.29) is 18.9 Å². The van der Waals surface area contributed by atoms with Crippen LogP contribution in [0.2, 0.25) is 0 Å². The third-order valence-electron chi connectivity index (χ3n) is 3.63. The zero-order valence-electron chi connectivity index (χ0n) is 14.6. The van der Waals surface area contributed by atoms with Crippen molar-refractivity contribution >= 4 is 39.1 Å². The Balaban J connectivity index is 1.94. The zero-order chi connectivity index (χ0) is 19.2. The van der Waals surface area contributed by atoms with Crippen molar-refractivity contribution in [2.75, 3.05) is 28.7 Å². The molecule has 1 amide bonds. The molecule has 0 fully saturated rings. The second-order valence-electron chi connectivity index (χ2n) is 5.70. The summed E-state index contributed by atoms with van der Waals surface area (Å²) in [6, 6.07) is 12.7. The van der Waals surface area contributed by atoms with Crippen molar-refractivity contribution in [3.8, 4) is 0 Å². The third kappa shape index (κ3) is 6.03. The second-order valence-corrected chi connectivity index (χ2v) is 8.48. The first kappa shape index (κ1) is 20.3. The SMILES string of the molecule is CSc1cccc(NC(=O)CCCN(c2ccc(F)cc2)S(C)(=O)=O)c1. The molecule has 140 valence electrons. The van der Waals surface area contributed by atoms with Gasteiger partial charge in [-0.05, 0) is 55.1 Å². The molecular weight excluding hydrogens is 375 g/mol. The van der Waals surface area contributed by atoms with E-state index in [1.165, 1.54) is 28.6 Å². The van der Waals surface area contributed by atoms with E-state index in [0.717, 1.165) is 11.2 Å². The van der Waals surface area contributed by atoms with E-state index in [4.69, 9.17) is 0 Å². The smallest absolute Gasteiger partial charge is 0.232 e. The van der Waals surface area contributed by atoms with Gasteiger partial charge in [-0.25, -0.2) is 12.8 Å². The average molecular weight is 397 g/mol. The summed E-state index contributed by atoms with van der Waals surface area (Å²) in [5, 5.41) is 2.81. The molecule has 0 aliphatic rings. The predicted octanol–water partition coefficient (Wildman–Crippen LogP) is 3.73. The highest BCUT2D eigenvalue weighted by Gasteiger charge is 2.17. The van der Waals surface area contributed by atoms with Gasteiger partial charge in [0.2, 0.25) is 15.9 Å². The van der Waals surface area contributed by atoms with Crippen molar-refractivity contribution in [1.29, 1.82) is 0 Å². The molecule has 0 spiro atoms. The summed E-state index contributed by atoms with van der Waals surface area (Å²) >= 11 is 1.58. The molecule has 0 unspecified atom stereocenters. The maximum absolute atomic E-state index is 13.0. The summed E-state index contributed by atoms with van der Waals surface area (Å²) in [4.78, 5) is 13.1. The number of carbonyl (C=O) groups excluding carboxylic acids is 1. The fourth-order valence-electron chi connectivity index (χ4n) is 2.40. The minimum atomic E-state index is -3.52. The number of thioether (sulfide) groups is 1. The number of nitrogens with zero attached hydrogens (tertiary/aromatic N) is 1. The molecule has 0 atom stereocenters. The summed E-state index contributed by atoms with van der Waals surface area (Å²) in [7, 11) is -3.52. The van der Waals surface area contributed by atoms with Crippen LogP contribution in [0.25, 0.3) is 0 Å². The van der Waals surface area contributed by atoms with Crippen LogP contribution in [0.1, 0.15) is 12.8 Å². The molecule has 0 aliphatic heterocycles. The van der Waals surface area contributed by atoms with Crippen LogP contribution in [0.4, 0.5) is 15.8 Å². The van der Waals surface area contributed by atoms with Gasteiger partial charge in [0, 0.05) is 23.5 Å². The molecule has 2 aromatic carbocycles. The second kappa shape index (κ2) is 9.05. The first-order valence-electron chi connectivity index (χ1n) is 7.97. The minimum absolute atomic E-state index is 0.142. The number of sulfonamides is 1. The van der Waals surface area contributed by atoms with Crippen LogP contribution in [-0.4, -0.2) is 33.4 Å². The predicted molar refractivity (Wildman–Crippen MR) is 105 cm³/mol. The van der Waals surface area contributed by atoms with Gasteiger partial charge in [-0.15, -0.1) is 11.8 Å². The minimum Gasteiger partial charge on any atom is -0.326 e. The Labute approximate surface area is 157 Å². The molecule has 0 saturated heterocycles. The lowest BCUT2D eigenvalue weighted by Gasteiger charge is -2.22. The first-order valence-corrected chi connectivity index (χ1v) is 11.0. The largest absolute Gasteiger partial charge is 0.326 e. The molecule has 0 heterocycles. The molecule has 0 radical (unpaired) electrons. The van der Waals surface area contributed by atoms with E-state index in [2.05, 4.69) is 5.32 Å². The number of anilines is 2. The Morgan fingerprint density at radius 3 is 2.50 bits per heavy atom. The van der Waals surface area contributed by atoms with Crippen molar-refractivity contribution in [3.63, 3.8) is 0 Å². The summed E-state index contributed by atoms with van der Waals surface area (Å²) in [6.45, 7) is 0.142. The normalized spacial score (nSPS) is 11.2. The van der Waals surface area contributed by atoms with Gasteiger partial charge < -0.3 is 5.32 Å². The van der Waals surface area contributed by atoms with Crippen molar-refractivity contribution in [1.82, 2.24) is 0 Å². The van der Waals surface area contributed by atoms with E-state index in [9.17, 15) is 17.6 Å². The van der Waals surface area contributed by atoms with Crippen LogP contribution < -0.4 is 9.62 Å². The Bertz CT molecular complexity index is 855. The molecule has 0 aliphatic carbocycles. The van der Waals surface area contributed by atoms with Crippen LogP contribution >= 0.6 is 11.8 Å². The van der Waals surface area contributed by atoms with Gasteiger partial charge in [-0.2, -0.15) is 0 Å². The van der Waals surface area contributed by atoms with Gasteiger partial charge in [-0.1, -0.05) is 6.07 Å². The third-order valence-corrected chi connectivity index (χ3v) is 5.55. The number of hydrogen-bond donors (Lipinski definition) is 1. The Morgan fingerprint density at radius 2 is 1.88 bits per heavy atom. The van der Waals surface area contributed by atoms with Crippen molar-refractivity contribution in [2.24, 2.45) is 0 Å².